The first-order valence-corrected chi connectivity index (χ1v) is 9.79. The Bertz CT molecular complexity index is 1330. The van der Waals surface area contributed by atoms with Crippen LogP contribution in [0.1, 0.15) is 34.6 Å². The highest BCUT2D eigenvalue weighted by molar-refractivity contribution is 5.98. The highest BCUT2D eigenvalue weighted by atomic mass is 19.4. The summed E-state index contributed by atoms with van der Waals surface area (Å²) in [7, 11) is 0. The van der Waals surface area contributed by atoms with E-state index in [2.05, 4.69) is 10.3 Å². The quantitative estimate of drug-likeness (QED) is 0.494. The summed E-state index contributed by atoms with van der Waals surface area (Å²) in [4.78, 5) is 29.4. The fourth-order valence-electron chi connectivity index (χ4n) is 3.42. The van der Waals surface area contributed by atoms with E-state index in [4.69, 9.17) is 0 Å². The van der Waals surface area contributed by atoms with Crippen LogP contribution in [0.25, 0.3) is 16.6 Å². The van der Waals surface area contributed by atoms with E-state index < -0.39 is 11.7 Å². The molecule has 5 nitrogen and oxygen atoms in total. The van der Waals surface area contributed by atoms with Crippen molar-refractivity contribution in [2.45, 2.75) is 19.1 Å². The third kappa shape index (κ3) is 4.25. The van der Waals surface area contributed by atoms with E-state index in [1.54, 1.807) is 42.0 Å². The molecule has 162 valence electrons. The topological polar surface area (TPSA) is 64.0 Å². The molecule has 0 radical (unpaired) electrons. The number of hydrogen-bond acceptors (Lipinski definition) is 3. The Morgan fingerprint density at radius 2 is 1.78 bits per heavy atom. The number of nitrogens with one attached hydrogen (secondary N) is 1. The van der Waals surface area contributed by atoms with E-state index >= 15 is 0 Å². The maximum absolute atomic E-state index is 12.9. The summed E-state index contributed by atoms with van der Waals surface area (Å²) in [5.74, 6) is -0.366. The smallest absolute Gasteiger partial charge is 0.344 e. The van der Waals surface area contributed by atoms with Gasteiger partial charge in [-0.15, -0.1) is 0 Å². The van der Waals surface area contributed by atoms with Crippen molar-refractivity contribution >= 4 is 16.8 Å². The Morgan fingerprint density at radius 3 is 2.44 bits per heavy atom. The van der Waals surface area contributed by atoms with Gasteiger partial charge < -0.3 is 9.88 Å². The van der Waals surface area contributed by atoms with Crippen molar-refractivity contribution in [2.75, 3.05) is 0 Å². The van der Waals surface area contributed by atoms with Crippen LogP contribution < -0.4 is 10.7 Å². The molecule has 32 heavy (non-hydrogen) atoms. The number of carbonyl (C=O) groups excluding carboxylic acids is 1. The lowest BCUT2D eigenvalue weighted by Crippen LogP contribution is -2.27. The van der Waals surface area contributed by atoms with Crippen LogP contribution >= 0.6 is 0 Å². The molecule has 4 rings (SSSR count). The zero-order valence-electron chi connectivity index (χ0n) is 16.9. The average Bonchev–Trinajstić information content (AvgIpc) is 2.79. The summed E-state index contributed by atoms with van der Waals surface area (Å²) in [5, 5.41) is 3.13. The molecule has 2 heterocycles. The van der Waals surface area contributed by atoms with E-state index in [0.29, 0.717) is 22.5 Å². The van der Waals surface area contributed by atoms with Crippen LogP contribution in [0.15, 0.2) is 83.9 Å². The van der Waals surface area contributed by atoms with Gasteiger partial charge in [0.05, 0.1) is 22.8 Å². The lowest BCUT2D eigenvalue weighted by molar-refractivity contribution is -0.137. The van der Waals surface area contributed by atoms with Crippen LogP contribution in [-0.2, 0) is 6.18 Å². The Hall–Kier alpha value is -3.94. The third-order valence-electron chi connectivity index (χ3n) is 5.11. The minimum atomic E-state index is -4.43. The van der Waals surface area contributed by atoms with Crippen molar-refractivity contribution in [2.24, 2.45) is 0 Å². The lowest BCUT2D eigenvalue weighted by atomic mass is 10.1. The van der Waals surface area contributed by atoms with Crippen LogP contribution in [0.3, 0.4) is 0 Å². The molecule has 0 spiro atoms. The van der Waals surface area contributed by atoms with Crippen LogP contribution in [0.4, 0.5) is 13.2 Å². The van der Waals surface area contributed by atoms with E-state index in [-0.39, 0.29) is 22.8 Å². The number of aromatic nitrogens is 2. The molecule has 1 atom stereocenters. The molecule has 0 unspecified atom stereocenters. The molecule has 0 saturated carbocycles. The summed E-state index contributed by atoms with van der Waals surface area (Å²) in [6.45, 7) is 1.80. The second-order valence-corrected chi connectivity index (χ2v) is 7.28. The molecule has 1 N–H and O–H groups in total. The number of rotatable bonds is 4. The van der Waals surface area contributed by atoms with Gasteiger partial charge in [-0.05, 0) is 61.5 Å². The third-order valence-corrected chi connectivity index (χ3v) is 5.11. The van der Waals surface area contributed by atoms with Gasteiger partial charge in [0.2, 0.25) is 0 Å². The summed E-state index contributed by atoms with van der Waals surface area (Å²) in [6.07, 6.45) is -1.30. The van der Waals surface area contributed by atoms with Gasteiger partial charge in [-0.2, -0.15) is 13.2 Å². The maximum Gasteiger partial charge on any atom is 0.416 e. The Kier molecular flexibility index (Phi) is 5.52. The number of amides is 1. The van der Waals surface area contributed by atoms with Crippen LogP contribution in [0, 0.1) is 0 Å². The lowest BCUT2D eigenvalue weighted by Gasteiger charge is -2.15. The van der Waals surface area contributed by atoms with Crippen LogP contribution in [0.2, 0.25) is 0 Å². The molecular formula is C24H18F3N3O2. The molecule has 0 aliphatic rings. The molecule has 0 aliphatic carbocycles. The normalized spacial score (nSPS) is 12.5. The first kappa shape index (κ1) is 21.3. The molecule has 4 aromatic rings. The minimum absolute atomic E-state index is 0.283. The van der Waals surface area contributed by atoms with Gasteiger partial charge in [-0.1, -0.05) is 6.07 Å². The predicted octanol–water partition coefficient (Wildman–Crippen LogP) is 4.90. The van der Waals surface area contributed by atoms with E-state index in [1.807, 2.05) is 6.07 Å². The fourth-order valence-corrected chi connectivity index (χ4v) is 3.42. The largest absolute Gasteiger partial charge is 0.416 e. The molecule has 0 bridgehead atoms. The highest BCUT2D eigenvalue weighted by Crippen LogP contribution is 2.30. The number of halogens is 3. The first-order chi connectivity index (χ1) is 15.2. The van der Waals surface area contributed by atoms with Crippen molar-refractivity contribution < 1.29 is 18.0 Å². The van der Waals surface area contributed by atoms with Gasteiger partial charge >= 0.3 is 6.18 Å². The van der Waals surface area contributed by atoms with Crippen molar-refractivity contribution in [1.29, 1.82) is 0 Å². The maximum atomic E-state index is 12.9. The second kappa shape index (κ2) is 8.30. The molecule has 0 aliphatic heterocycles. The van der Waals surface area contributed by atoms with E-state index in [1.165, 1.54) is 30.5 Å². The molecule has 2 aromatic carbocycles. The fraction of sp³-hybridized carbons (Fsp3) is 0.125. The summed E-state index contributed by atoms with van der Waals surface area (Å²) < 4.78 is 40.2. The predicted molar refractivity (Wildman–Crippen MR) is 115 cm³/mol. The second-order valence-electron chi connectivity index (χ2n) is 7.28. The number of nitrogens with zero attached hydrogens (tertiary/aromatic N) is 2. The van der Waals surface area contributed by atoms with Gasteiger partial charge in [-0.3, -0.25) is 14.6 Å². The van der Waals surface area contributed by atoms with Crippen molar-refractivity contribution in [3.8, 4) is 5.69 Å². The van der Waals surface area contributed by atoms with Crippen molar-refractivity contribution in [3.63, 3.8) is 0 Å². The van der Waals surface area contributed by atoms with E-state index in [0.717, 1.165) is 12.1 Å². The van der Waals surface area contributed by atoms with Gasteiger partial charge in [0, 0.05) is 35.1 Å². The zero-order chi connectivity index (χ0) is 22.9. The van der Waals surface area contributed by atoms with Gasteiger partial charge in [0.15, 0.2) is 5.43 Å². The molecule has 8 heteroatoms. The van der Waals surface area contributed by atoms with Crippen molar-refractivity contribution in [3.05, 3.63) is 106 Å². The van der Waals surface area contributed by atoms with E-state index in [9.17, 15) is 22.8 Å². The number of carbonyl (C=O) groups is 1. The van der Waals surface area contributed by atoms with Gasteiger partial charge in [0.1, 0.15) is 0 Å². The SMILES string of the molecule is C[C@@H](NC(=O)c1ccc2c(c1)c(=O)ccn2-c1ccc(C(F)(F)F)cc1)c1ccccn1. The standard InChI is InChI=1S/C24H18F3N3O2/c1-15(20-4-2-3-12-28-20)29-23(32)16-5-10-21-19(14-16)22(31)11-13-30(21)18-8-6-17(7-9-18)24(25,26)27/h2-15H,1H3,(H,29,32)/t15-/m1/s1. The zero-order valence-corrected chi connectivity index (χ0v) is 16.9. The summed E-state index contributed by atoms with van der Waals surface area (Å²) >= 11 is 0. The van der Waals surface area contributed by atoms with Crippen LogP contribution in [-0.4, -0.2) is 15.5 Å². The molecular weight excluding hydrogens is 419 g/mol. The Labute approximate surface area is 181 Å². The Morgan fingerprint density at radius 1 is 1.03 bits per heavy atom. The minimum Gasteiger partial charge on any atom is -0.344 e. The number of hydrogen-bond donors (Lipinski definition) is 1. The first-order valence-electron chi connectivity index (χ1n) is 9.79. The number of fused-ring (bicyclic) bond motifs is 1. The molecule has 1 amide bonds. The van der Waals surface area contributed by atoms with Crippen molar-refractivity contribution in [1.82, 2.24) is 14.9 Å². The monoisotopic (exact) mass is 437 g/mol. The Balaban J connectivity index is 1.67. The highest BCUT2D eigenvalue weighted by Gasteiger charge is 2.30. The average molecular weight is 437 g/mol. The number of alkyl halides is 3. The number of pyridine rings is 2. The summed E-state index contributed by atoms with van der Waals surface area (Å²) in [6, 6.07) is 15.7. The molecule has 0 fully saturated rings. The molecule has 0 saturated heterocycles. The van der Waals surface area contributed by atoms with Gasteiger partial charge in [-0.25, -0.2) is 0 Å². The van der Waals surface area contributed by atoms with Gasteiger partial charge in [0.25, 0.3) is 5.91 Å². The number of benzene rings is 2. The van der Waals surface area contributed by atoms with Crippen LogP contribution in [0.5, 0.6) is 0 Å². The molecule has 2 aromatic heterocycles. The summed E-state index contributed by atoms with van der Waals surface area (Å²) in [5.41, 5.74) is 0.882.